The first-order valence-electron chi connectivity index (χ1n) is 11.4. The van der Waals surface area contributed by atoms with Crippen molar-refractivity contribution in [3.05, 3.63) is 101 Å². The number of pyridine rings is 2. The molecular formula is C27H21N7OS. The summed E-state index contributed by atoms with van der Waals surface area (Å²) in [5.41, 5.74) is 11.4. The van der Waals surface area contributed by atoms with Crippen LogP contribution in [-0.2, 0) is 0 Å². The van der Waals surface area contributed by atoms with Crippen LogP contribution >= 0.6 is 11.3 Å². The fraction of sp³-hybridized carbons (Fsp3) is 0.0741. The van der Waals surface area contributed by atoms with Gasteiger partial charge in [0.2, 0.25) is 0 Å². The van der Waals surface area contributed by atoms with Crippen LogP contribution in [-0.4, -0.2) is 24.5 Å². The highest BCUT2D eigenvalue weighted by Crippen LogP contribution is 2.31. The molecule has 0 amide bonds. The summed E-state index contributed by atoms with van der Waals surface area (Å²) in [6.45, 7) is 2.01. The van der Waals surface area contributed by atoms with Gasteiger partial charge in [0.1, 0.15) is 22.5 Å². The van der Waals surface area contributed by atoms with Crippen molar-refractivity contribution in [2.24, 2.45) is 0 Å². The highest BCUT2D eigenvalue weighted by atomic mass is 32.1. The van der Waals surface area contributed by atoms with E-state index in [0.717, 1.165) is 32.7 Å². The van der Waals surface area contributed by atoms with Crippen LogP contribution in [0.2, 0.25) is 0 Å². The molecule has 2 aromatic carbocycles. The first kappa shape index (κ1) is 21.9. The Morgan fingerprint density at radius 3 is 2.64 bits per heavy atom. The van der Waals surface area contributed by atoms with Crippen LogP contribution in [0.5, 0.6) is 0 Å². The number of hydrogen-bond donors (Lipinski definition) is 2. The highest BCUT2D eigenvalue weighted by molar-refractivity contribution is 7.16. The minimum Gasteiger partial charge on any atom is -0.384 e. The molecule has 4 heterocycles. The van der Waals surface area contributed by atoms with Gasteiger partial charge >= 0.3 is 0 Å². The Balaban J connectivity index is 1.57. The van der Waals surface area contributed by atoms with Crippen molar-refractivity contribution in [3.63, 3.8) is 0 Å². The number of benzene rings is 2. The van der Waals surface area contributed by atoms with Crippen molar-refractivity contribution < 1.29 is 0 Å². The first-order valence-corrected chi connectivity index (χ1v) is 12.2. The van der Waals surface area contributed by atoms with Crippen molar-refractivity contribution in [3.8, 4) is 16.8 Å². The molecular weight excluding hydrogens is 470 g/mol. The zero-order valence-electron chi connectivity index (χ0n) is 19.3. The van der Waals surface area contributed by atoms with Gasteiger partial charge in [-0.1, -0.05) is 36.4 Å². The predicted octanol–water partition coefficient (Wildman–Crippen LogP) is 5.21. The second kappa shape index (κ2) is 8.86. The Labute approximate surface area is 210 Å². The molecule has 0 saturated carbocycles. The largest absolute Gasteiger partial charge is 0.384 e. The van der Waals surface area contributed by atoms with Crippen LogP contribution in [0.15, 0.2) is 89.6 Å². The number of para-hydroxylation sites is 1. The number of thiazole rings is 1. The molecule has 0 aliphatic heterocycles. The van der Waals surface area contributed by atoms with E-state index in [2.05, 4.69) is 31.3 Å². The van der Waals surface area contributed by atoms with E-state index in [1.807, 2.05) is 61.5 Å². The Kier molecular flexibility index (Phi) is 5.38. The number of fused-ring (bicyclic) bond motifs is 2. The summed E-state index contributed by atoms with van der Waals surface area (Å²) in [4.78, 5) is 32.3. The van der Waals surface area contributed by atoms with Gasteiger partial charge in [0.15, 0.2) is 5.82 Å². The Morgan fingerprint density at radius 1 is 0.972 bits per heavy atom. The molecule has 1 atom stereocenters. The van der Waals surface area contributed by atoms with Crippen molar-refractivity contribution >= 4 is 44.1 Å². The minimum absolute atomic E-state index is 0.115. The Bertz CT molecular complexity index is 1760. The lowest BCUT2D eigenvalue weighted by atomic mass is 9.99. The van der Waals surface area contributed by atoms with Gasteiger partial charge in [0.05, 0.1) is 16.9 Å². The number of nitrogens with one attached hydrogen (secondary N) is 1. The van der Waals surface area contributed by atoms with E-state index in [9.17, 15) is 4.79 Å². The molecule has 0 unspecified atom stereocenters. The van der Waals surface area contributed by atoms with Crippen molar-refractivity contribution in [2.75, 3.05) is 11.1 Å². The maximum atomic E-state index is 14.2. The lowest BCUT2D eigenvalue weighted by Crippen LogP contribution is -2.26. The molecule has 0 bridgehead atoms. The molecule has 36 heavy (non-hydrogen) atoms. The van der Waals surface area contributed by atoms with Crippen molar-refractivity contribution in [1.82, 2.24) is 24.5 Å². The van der Waals surface area contributed by atoms with Crippen molar-refractivity contribution in [2.45, 2.75) is 13.0 Å². The summed E-state index contributed by atoms with van der Waals surface area (Å²) in [6.07, 6.45) is 3.22. The fourth-order valence-electron chi connectivity index (χ4n) is 4.43. The average molecular weight is 492 g/mol. The summed E-state index contributed by atoms with van der Waals surface area (Å²) < 4.78 is 1.76. The Morgan fingerprint density at radius 2 is 1.83 bits per heavy atom. The third-order valence-corrected chi connectivity index (χ3v) is 6.85. The van der Waals surface area contributed by atoms with Crippen LogP contribution in [0.3, 0.4) is 0 Å². The predicted molar refractivity (Wildman–Crippen MR) is 144 cm³/mol. The van der Waals surface area contributed by atoms with Gasteiger partial charge in [-0.25, -0.2) is 19.9 Å². The summed E-state index contributed by atoms with van der Waals surface area (Å²) in [5, 5.41) is 4.91. The smallest absolute Gasteiger partial charge is 0.263 e. The molecule has 0 radical (unpaired) electrons. The summed E-state index contributed by atoms with van der Waals surface area (Å²) >= 11 is 1.46. The van der Waals surface area contributed by atoms with Crippen LogP contribution in [0.4, 0.5) is 11.6 Å². The van der Waals surface area contributed by atoms with E-state index < -0.39 is 0 Å². The van der Waals surface area contributed by atoms with Crippen LogP contribution < -0.4 is 16.6 Å². The van der Waals surface area contributed by atoms with E-state index in [4.69, 9.17) is 5.73 Å². The maximum absolute atomic E-state index is 14.2. The van der Waals surface area contributed by atoms with Gasteiger partial charge in [0, 0.05) is 23.1 Å². The zero-order chi connectivity index (χ0) is 24.6. The summed E-state index contributed by atoms with van der Waals surface area (Å²) in [5.74, 6) is 1.06. The zero-order valence-corrected chi connectivity index (χ0v) is 20.1. The molecule has 176 valence electrons. The molecule has 4 aromatic heterocycles. The molecule has 0 spiro atoms. The number of rotatable bonds is 5. The third-order valence-electron chi connectivity index (χ3n) is 6.12. The van der Waals surface area contributed by atoms with Gasteiger partial charge in [-0.05, 0) is 48.2 Å². The van der Waals surface area contributed by atoms with E-state index in [-0.39, 0.29) is 11.6 Å². The maximum Gasteiger partial charge on any atom is 0.263 e. The molecule has 0 fully saturated rings. The van der Waals surface area contributed by atoms with Gasteiger partial charge < -0.3 is 11.1 Å². The molecule has 0 aliphatic rings. The number of nitrogens with zero attached hydrogens (tertiary/aromatic N) is 5. The van der Waals surface area contributed by atoms with Crippen LogP contribution in [0, 0.1) is 0 Å². The van der Waals surface area contributed by atoms with Crippen LogP contribution in [0.25, 0.3) is 37.9 Å². The molecule has 6 aromatic rings. The lowest BCUT2D eigenvalue weighted by Gasteiger charge is -2.22. The Hall–Kier alpha value is -4.63. The molecule has 0 aliphatic carbocycles. The lowest BCUT2D eigenvalue weighted by molar-refractivity contribution is 0.774. The number of aromatic nitrogens is 5. The van der Waals surface area contributed by atoms with E-state index >= 15 is 0 Å². The number of hydrogen-bond acceptors (Lipinski definition) is 8. The van der Waals surface area contributed by atoms with Crippen LogP contribution in [0.1, 0.15) is 18.7 Å². The molecule has 3 N–H and O–H groups in total. The average Bonchev–Trinajstić information content (AvgIpc) is 3.39. The number of nitrogens with two attached hydrogens (primary N) is 1. The quantitative estimate of drug-likeness (QED) is 0.341. The molecule has 9 heteroatoms. The monoisotopic (exact) mass is 491 g/mol. The van der Waals surface area contributed by atoms with Gasteiger partial charge in [-0.3, -0.25) is 9.36 Å². The summed E-state index contributed by atoms with van der Waals surface area (Å²) in [7, 11) is 0. The standard InChI is InChI=1S/C27H21N7OS/c1-16(33-25-24-26(31-14-30-25)36-15-32-24)21-12-17-6-5-9-20(18-10-11-22(28)29-13-18)23(17)27(35)34(21)19-7-3-2-4-8-19/h2-16H,1H3,(H2,28,29)(H,30,31,33)/t16-/m0/s1. The third kappa shape index (κ3) is 3.75. The van der Waals surface area contributed by atoms with Gasteiger partial charge in [-0.2, -0.15) is 0 Å². The van der Waals surface area contributed by atoms with E-state index in [1.54, 1.807) is 22.3 Å². The number of anilines is 2. The normalized spacial score (nSPS) is 12.1. The van der Waals surface area contributed by atoms with Gasteiger partial charge in [0.25, 0.3) is 5.56 Å². The topological polar surface area (TPSA) is 112 Å². The minimum atomic E-state index is -0.260. The van der Waals surface area contributed by atoms with E-state index in [0.29, 0.717) is 22.5 Å². The SMILES string of the molecule is C[C@H](Nc1ncnc2scnc12)c1cc2cccc(-c3ccc(N)nc3)c2c(=O)n1-c1ccccc1. The first-order chi connectivity index (χ1) is 17.6. The van der Waals surface area contributed by atoms with Crippen molar-refractivity contribution in [1.29, 1.82) is 0 Å². The summed E-state index contributed by atoms with van der Waals surface area (Å²) in [6, 6.07) is 20.9. The fourth-order valence-corrected chi connectivity index (χ4v) is 5.06. The second-order valence-corrected chi connectivity index (χ2v) is 9.21. The molecule has 8 nitrogen and oxygen atoms in total. The van der Waals surface area contributed by atoms with Gasteiger partial charge in [-0.15, -0.1) is 11.3 Å². The molecule has 0 saturated heterocycles. The van der Waals surface area contributed by atoms with E-state index in [1.165, 1.54) is 17.7 Å². The second-order valence-electron chi connectivity index (χ2n) is 8.38. The molecule has 6 rings (SSSR count). The number of nitrogen functional groups attached to an aromatic ring is 1. The highest BCUT2D eigenvalue weighted by Gasteiger charge is 2.20.